The van der Waals surface area contributed by atoms with Crippen molar-refractivity contribution in [3.8, 4) is 0 Å². The maximum absolute atomic E-state index is 11.7. The van der Waals surface area contributed by atoms with Crippen LogP contribution < -0.4 is 10.6 Å². The molecule has 1 aromatic rings. The molecule has 0 spiro atoms. The van der Waals surface area contributed by atoms with E-state index in [0.29, 0.717) is 0 Å². The molecule has 8 nitrogen and oxygen atoms in total. The van der Waals surface area contributed by atoms with Crippen LogP contribution >= 0.6 is 0 Å². The zero-order valence-electron chi connectivity index (χ0n) is 13.7. The van der Waals surface area contributed by atoms with Crippen LogP contribution in [0.1, 0.15) is 18.4 Å². The third kappa shape index (κ3) is 8.52. The predicted octanol–water partition coefficient (Wildman–Crippen LogP) is 0.809. The number of carboxylic acids is 1. The summed E-state index contributed by atoms with van der Waals surface area (Å²) in [5, 5.41) is 23.3. The van der Waals surface area contributed by atoms with Gasteiger partial charge in [-0.3, -0.25) is 4.79 Å². The summed E-state index contributed by atoms with van der Waals surface area (Å²) in [5.41, 5.74) is 0.819. The van der Waals surface area contributed by atoms with Gasteiger partial charge in [-0.05, 0) is 12.0 Å². The van der Waals surface area contributed by atoms with Crippen molar-refractivity contribution >= 4 is 18.0 Å². The van der Waals surface area contributed by atoms with Gasteiger partial charge in [0, 0.05) is 6.54 Å². The van der Waals surface area contributed by atoms with Gasteiger partial charge in [0.15, 0.2) is 0 Å². The summed E-state index contributed by atoms with van der Waals surface area (Å²) >= 11 is 0. The van der Waals surface area contributed by atoms with Crippen molar-refractivity contribution in [3.63, 3.8) is 0 Å². The number of nitrogens with one attached hydrogen (secondary N) is 2. The normalized spacial score (nSPS) is 12.5. The highest BCUT2D eigenvalue weighted by molar-refractivity contribution is 5.83. The Hall–Kier alpha value is -2.87. The molecule has 1 aromatic carbocycles. The van der Waals surface area contributed by atoms with Crippen LogP contribution in [0, 0.1) is 0 Å². The predicted molar refractivity (Wildman–Crippen MR) is 89.6 cm³/mol. The summed E-state index contributed by atoms with van der Waals surface area (Å²) in [7, 11) is 0. The Morgan fingerprint density at radius 2 is 1.92 bits per heavy atom. The lowest BCUT2D eigenvalue weighted by molar-refractivity contribution is -0.142. The molecule has 136 valence electrons. The number of aliphatic hydroxyl groups excluding tert-OH is 1. The van der Waals surface area contributed by atoms with E-state index in [1.54, 1.807) is 12.1 Å². The molecule has 0 radical (unpaired) electrons. The second-order valence-electron chi connectivity index (χ2n) is 5.28. The molecule has 2 atom stereocenters. The molecule has 0 fully saturated rings. The van der Waals surface area contributed by atoms with Crippen molar-refractivity contribution < 1.29 is 29.3 Å². The van der Waals surface area contributed by atoms with Crippen molar-refractivity contribution in [3.05, 3.63) is 48.6 Å². The van der Waals surface area contributed by atoms with E-state index in [2.05, 4.69) is 17.2 Å². The van der Waals surface area contributed by atoms with E-state index >= 15 is 0 Å². The smallest absolute Gasteiger partial charge is 0.407 e. The van der Waals surface area contributed by atoms with E-state index in [9.17, 15) is 19.5 Å². The van der Waals surface area contributed by atoms with Crippen molar-refractivity contribution in [1.82, 2.24) is 10.6 Å². The largest absolute Gasteiger partial charge is 0.480 e. The summed E-state index contributed by atoms with van der Waals surface area (Å²) < 4.78 is 4.96. The molecule has 0 unspecified atom stereocenters. The molecular weight excluding hydrogens is 328 g/mol. The molecule has 0 saturated heterocycles. The summed E-state index contributed by atoms with van der Waals surface area (Å²) in [6.45, 7) is 3.31. The van der Waals surface area contributed by atoms with Crippen molar-refractivity contribution in [2.45, 2.75) is 31.6 Å². The Kier molecular flexibility index (Phi) is 8.73. The lowest BCUT2D eigenvalue weighted by Gasteiger charge is -2.15. The van der Waals surface area contributed by atoms with Gasteiger partial charge >= 0.3 is 12.1 Å². The number of benzene rings is 1. The van der Waals surface area contributed by atoms with Gasteiger partial charge in [0.25, 0.3) is 0 Å². The van der Waals surface area contributed by atoms with E-state index in [1.165, 1.54) is 6.08 Å². The molecule has 0 saturated carbocycles. The Balaban J connectivity index is 2.27. The molecule has 25 heavy (non-hydrogen) atoms. The molecule has 0 aliphatic carbocycles. The highest BCUT2D eigenvalue weighted by atomic mass is 16.5. The Morgan fingerprint density at radius 1 is 1.24 bits per heavy atom. The number of amides is 2. The molecule has 0 bridgehead atoms. The number of carbonyl (C=O) groups excluding carboxylic acids is 2. The molecule has 1 rings (SSSR count). The van der Waals surface area contributed by atoms with Crippen molar-refractivity contribution in [1.29, 1.82) is 0 Å². The van der Waals surface area contributed by atoms with Gasteiger partial charge in [-0.1, -0.05) is 36.4 Å². The minimum Gasteiger partial charge on any atom is -0.480 e. The fraction of sp³-hybridized carbons (Fsp3) is 0.353. The van der Waals surface area contributed by atoms with Crippen molar-refractivity contribution in [2.75, 3.05) is 6.54 Å². The monoisotopic (exact) mass is 350 g/mol. The number of ether oxygens (including phenoxy) is 1. The first-order chi connectivity index (χ1) is 11.9. The van der Waals surface area contributed by atoms with E-state index in [4.69, 9.17) is 9.84 Å². The van der Waals surface area contributed by atoms with E-state index in [-0.39, 0.29) is 26.0 Å². The number of hydrogen-bond donors (Lipinski definition) is 4. The molecule has 8 heteroatoms. The number of carboxylic acid groups (broad SMARTS) is 1. The van der Waals surface area contributed by atoms with E-state index in [0.717, 1.165) is 5.56 Å². The lowest BCUT2D eigenvalue weighted by Crippen LogP contribution is -2.43. The van der Waals surface area contributed by atoms with Crippen LogP contribution in [0.15, 0.2) is 43.0 Å². The van der Waals surface area contributed by atoms with E-state index < -0.39 is 30.1 Å². The number of alkyl carbamates (subject to hydrolysis) is 1. The number of rotatable bonds is 10. The Labute approximate surface area is 145 Å². The highest BCUT2D eigenvalue weighted by Gasteiger charge is 2.20. The second kappa shape index (κ2) is 10.8. The SMILES string of the molecule is C=CC[C@@H](NC(=O)C[C@H](O)CNC(=O)OCc1ccccc1)C(=O)O. The summed E-state index contributed by atoms with van der Waals surface area (Å²) in [6, 6.07) is 7.98. The molecular formula is C17H22N2O6. The fourth-order valence-electron chi connectivity index (χ4n) is 1.90. The van der Waals surface area contributed by atoms with Crippen LogP contribution in [0.4, 0.5) is 4.79 Å². The summed E-state index contributed by atoms with van der Waals surface area (Å²) in [4.78, 5) is 34.1. The van der Waals surface area contributed by atoms with Crippen molar-refractivity contribution in [2.24, 2.45) is 0 Å². The molecule has 0 aliphatic heterocycles. The average molecular weight is 350 g/mol. The van der Waals surface area contributed by atoms with Gasteiger partial charge in [-0.25, -0.2) is 9.59 Å². The zero-order chi connectivity index (χ0) is 18.7. The van der Waals surface area contributed by atoms with Crippen LogP contribution in [0.3, 0.4) is 0 Å². The number of aliphatic carboxylic acids is 1. The Bertz CT molecular complexity index is 590. The van der Waals surface area contributed by atoms with E-state index in [1.807, 2.05) is 18.2 Å². The Morgan fingerprint density at radius 3 is 2.52 bits per heavy atom. The first-order valence-electron chi connectivity index (χ1n) is 7.68. The first kappa shape index (κ1) is 20.2. The minimum absolute atomic E-state index is 0.0707. The molecule has 0 aliphatic rings. The van der Waals surface area contributed by atoms with Gasteiger partial charge in [-0.15, -0.1) is 6.58 Å². The average Bonchev–Trinajstić information content (AvgIpc) is 2.58. The first-order valence-corrected chi connectivity index (χ1v) is 7.68. The van der Waals surface area contributed by atoms with Crippen LogP contribution in [-0.4, -0.2) is 46.9 Å². The molecule has 4 N–H and O–H groups in total. The quantitative estimate of drug-likeness (QED) is 0.463. The second-order valence-corrected chi connectivity index (χ2v) is 5.28. The maximum Gasteiger partial charge on any atom is 0.407 e. The maximum atomic E-state index is 11.7. The summed E-state index contributed by atoms with van der Waals surface area (Å²) in [6.07, 6.45) is -0.790. The van der Waals surface area contributed by atoms with Gasteiger partial charge in [0.1, 0.15) is 12.6 Å². The summed E-state index contributed by atoms with van der Waals surface area (Å²) in [5.74, 6) is -1.83. The van der Waals surface area contributed by atoms with Gasteiger partial charge in [-0.2, -0.15) is 0 Å². The molecule has 2 amide bonds. The minimum atomic E-state index is -1.19. The van der Waals surface area contributed by atoms with Gasteiger partial charge in [0.2, 0.25) is 5.91 Å². The number of aliphatic hydroxyl groups is 1. The van der Waals surface area contributed by atoms with Crippen LogP contribution in [-0.2, 0) is 20.9 Å². The van der Waals surface area contributed by atoms with Crippen LogP contribution in [0.25, 0.3) is 0 Å². The van der Waals surface area contributed by atoms with Crippen LogP contribution in [0.2, 0.25) is 0 Å². The highest BCUT2D eigenvalue weighted by Crippen LogP contribution is 2.01. The topological polar surface area (TPSA) is 125 Å². The third-order valence-electron chi connectivity index (χ3n) is 3.15. The molecule has 0 heterocycles. The molecule has 0 aromatic heterocycles. The fourth-order valence-corrected chi connectivity index (χ4v) is 1.90. The number of hydrogen-bond acceptors (Lipinski definition) is 5. The van der Waals surface area contributed by atoms with Gasteiger partial charge < -0.3 is 25.6 Å². The standard InChI is InChI=1S/C17H22N2O6/c1-2-6-14(16(22)23)19-15(21)9-13(20)10-18-17(24)25-11-12-7-4-3-5-8-12/h2-5,7-8,13-14,20H,1,6,9-11H2,(H,18,24)(H,19,21)(H,22,23)/t13-,14+/m0/s1. The van der Waals surface area contributed by atoms with Crippen LogP contribution in [0.5, 0.6) is 0 Å². The third-order valence-corrected chi connectivity index (χ3v) is 3.15. The zero-order valence-corrected chi connectivity index (χ0v) is 13.7. The van der Waals surface area contributed by atoms with Gasteiger partial charge in [0.05, 0.1) is 12.5 Å². The lowest BCUT2D eigenvalue weighted by atomic mass is 10.2. The number of carbonyl (C=O) groups is 3.